The highest BCUT2D eigenvalue weighted by molar-refractivity contribution is 5.70. The van der Waals surface area contributed by atoms with Crippen LogP contribution in [-0.4, -0.2) is 32.2 Å². The van der Waals surface area contributed by atoms with Gasteiger partial charge in [0, 0.05) is 12.6 Å². The van der Waals surface area contributed by atoms with Crippen LogP contribution in [0.25, 0.3) is 11.2 Å². The zero-order valence-electron chi connectivity index (χ0n) is 13.1. The van der Waals surface area contributed by atoms with E-state index in [1.54, 1.807) is 10.9 Å². The lowest BCUT2D eigenvalue weighted by molar-refractivity contribution is 0.336. The van der Waals surface area contributed by atoms with Gasteiger partial charge in [0.1, 0.15) is 0 Å². The van der Waals surface area contributed by atoms with Crippen LogP contribution in [-0.2, 0) is 6.54 Å². The van der Waals surface area contributed by atoms with Gasteiger partial charge in [-0.15, -0.1) is 0 Å². The predicted molar refractivity (Wildman–Crippen MR) is 85.2 cm³/mol. The van der Waals surface area contributed by atoms with Crippen LogP contribution in [0.3, 0.4) is 0 Å². The number of nitrogens with zero attached hydrogens (tertiary/aromatic N) is 3. The van der Waals surface area contributed by atoms with Crippen molar-refractivity contribution in [2.24, 2.45) is 5.92 Å². The first-order valence-corrected chi connectivity index (χ1v) is 8.02. The summed E-state index contributed by atoms with van der Waals surface area (Å²) < 4.78 is 3.50. The molecule has 22 heavy (non-hydrogen) atoms. The lowest BCUT2D eigenvalue weighted by Gasteiger charge is -2.23. The molecular formula is C15H23N5O2. The highest BCUT2D eigenvalue weighted by Gasteiger charge is 2.19. The number of hydrogen-bond acceptors (Lipinski definition) is 4. The van der Waals surface area contributed by atoms with E-state index in [1.165, 1.54) is 0 Å². The molecule has 0 aromatic carbocycles. The summed E-state index contributed by atoms with van der Waals surface area (Å²) in [6, 6.07) is 0.00841. The zero-order chi connectivity index (χ0) is 15.7. The summed E-state index contributed by atoms with van der Waals surface area (Å²) in [7, 11) is 0. The third kappa shape index (κ3) is 2.61. The largest absolute Gasteiger partial charge is 0.330 e. The Hall–Kier alpha value is -1.89. The molecule has 2 N–H and O–H groups in total. The number of H-pyrrole nitrogens is 1. The molecule has 0 saturated carbocycles. The first-order chi connectivity index (χ1) is 10.6. The molecule has 1 atom stereocenters. The van der Waals surface area contributed by atoms with Gasteiger partial charge in [-0.1, -0.05) is 6.92 Å². The molecule has 1 unspecified atom stereocenters. The van der Waals surface area contributed by atoms with Crippen molar-refractivity contribution in [2.75, 3.05) is 13.1 Å². The Labute approximate surface area is 128 Å². The number of rotatable bonds is 4. The summed E-state index contributed by atoms with van der Waals surface area (Å²) in [5.41, 5.74) is 0.292. The second-order valence-electron chi connectivity index (χ2n) is 6.15. The average Bonchev–Trinajstić information content (AvgIpc) is 2.92. The zero-order valence-corrected chi connectivity index (χ0v) is 13.1. The minimum atomic E-state index is -0.376. The highest BCUT2D eigenvalue weighted by atomic mass is 16.2. The number of hydrogen-bond donors (Lipinski definition) is 2. The van der Waals surface area contributed by atoms with E-state index in [2.05, 4.69) is 15.3 Å². The maximum absolute atomic E-state index is 12.2. The molecule has 7 heteroatoms. The lowest BCUT2D eigenvalue weighted by Crippen LogP contribution is -2.33. The van der Waals surface area contributed by atoms with E-state index in [0.29, 0.717) is 17.1 Å². The summed E-state index contributed by atoms with van der Waals surface area (Å²) in [4.78, 5) is 31.2. The first-order valence-electron chi connectivity index (χ1n) is 8.02. The lowest BCUT2D eigenvalue weighted by atomic mass is 9.98. The van der Waals surface area contributed by atoms with Gasteiger partial charge in [0.2, 0.25) is 0 Å². The Morgan fingerprint density at radius 1 is 1.36 bits per heavy atom. The van der Waals surface area contributed by atoms with Gasteiger partial charge in [0.15, 0.2) is 11.2 Å². The molecular weight excluding hydrogens is 282 g/mol. The molecule has 1 aliphatic heterocycles. The summed E-state index contributed by atoms with van der Waals surface area (Å²) in [6.45, 7) is 6.79. The summed E-state index contributed by atoms with van der Waals surface area (Å²) in [5.74, 6) is 0.544. The first kappa shape index (κ1) is 15.0. The van der Waals surface area contributed by atoms with Crippen LogP contribution in [0.4, 0.5) is 0 Å². The van der Waals surface area contributed by atoms with Crippen molar-refractivity contribution < 1.29 is 0 Å². The molecule has 0 spiro atoms. The molecule has 0 aliphatic carbocycles. The predicted octanol–water partition coefficient (Wildman–Crippen LogP) is 0.857. The smallest absolute Gasteiger partial charge is 0.324 e. The van der Waals surface area contributed by atoms with Gasteiger partial charge in [-0.25, -0.2) is 9.78 Å². The van der Waals surface area contributed by atoms with E-state index in [4.69, 9.17) is 0 Å². The van der Waals surface area contributed by atoms with E-state index >= 15 is 0 Å². The number of imidazole rings is 1. The van der Waals surface area contributed by atoms with E-state index in [0.717, 1.165) is 38.9 Å². The minimum absolute atomic E-state index is 0.00841. The Morgan fingerprint density at radius 2 is 2.09 bits per heavy atom. The number of aromatic nitrogens is 4. The maximum atomic E-state index is 12.2. The number of fused-ring (bicyclic) bond motifs is 1. The molecule has 3 heterocycles. The summed E-state index contributed by atoms with van der Waals surface area (Å²) >= 11 is 0. The van der Waals surface area contributed by atoms with Crippen LogP contribution in [0, 0.1) is 5.92 Å². The fourth-order valence-corrected chi connectivity index (χ4v) is 3.17. The van der Waals surface area contributed by atoms with Gasteiger partial charge >= 0.3 is 5.69 Å². The third-order valence-electron chi connectivity index (χ3n) is 4.65. The number of nitrogens with one attached hydrogen (secondary N) is 2. The molecule has 0 amide bonds. The van der Waals surface area contributed by atoms with E-state index < -0.39 is 0 Å². The van der Waals surface area contributed by atoms with Crippen molar-refractivity contribution in [2.45, 2.75) is 45.7 Å². The molecule has 3 rings (SSSR count). The maximum Gasteiger partial charge on any atom is 0.330 e. The molecule has 2 aromatic rings. The van der Waals surface area contributed by atoms with Crippen LogP contribution in [0.15, 0.2) is 15.9 Å². The Kier molecular flexibility index (Phi) is 4.15. The highest BCUT2D eigenvalue weighted by Crippen LogP contribution is 2.18. The van der Waals surface area contributed by atoms with E-state index in [9.17, 15) is 9.59 Å². The van der Waals surface area contributed by atoms with Crippen molar-refractivity contribution in [3.05, 3.63) is 27.2 Å². The summed E-state index contributed by atoms with van der Waals surface area (Å²) in [5, 5.41) is 3.34. The SMILES string of the molecule is CCC(C)n1c(=O)[nH]c(=O)c2c1ncn2CC1CCNCC1. The van der Waals surface area contributed by atoms with Crippen LogP contribution in [0.1, 0.15) is 39.2 Å². The average molecular weight is 305 g/mol. The molecule has 1 aliphatic rings. The van der Waals surface area contributed by atoms with Gasteiger partial charge in [-0.3, -0.25) is 14.3 Å². The van der Waals surface area contributed by atoms with Gasteiger partial charge in [-0.2, -0.15) is 0 Å². The third-order valence-corrected chi connectivity index (χ3v) is 4.65. The molecule has 2 aromatic heterocycles. The van der Waals surface area contributed by atoms with Gasteiger partial charge in [0.25, 0.3) is 5.56 Å². The number of aromatic amines is 1. The van der Waals surface area contributed by atoms with E-state index in [1.807, 2.05) is 18.4 Å². The molecule has 1 fully saturated rings. The fourth-order valence-electron chi connectivity index (χ4n) is 3.17. The molecule has 1 saturated heterocycles. The molecule has 120 valence electrons. The van der Waals surface area contributed by atoms with Crippen molar-refractivity contribution in [3.63, 3.8) is 0 Å². The standard InChI is InChI=1S/C15H23N5O2/c1-3-10(2)20-13-12(14(21)18-15(20)22)19(9-17-13)8-11-4-6-16-7-5-11/h9-11,16H,3-8H2,1-2H3,(H,18,21,22). The topological polar surface area (TPSA) is 84.7 Å². The van der Waals surface area contributed by atoms with Crippen molar-refractivity contribution in [1.29, 1.82) is 0 Å². The van der Waals surface area contributed by atoms with Gasteiger partial charge < -0.3 is 9.88 Å². The quantitative estimate of drug-likeness (QED) is 0.877. The fraction of sp³-hybridized carbons (Fsp3) is 0.667. The van der Waals surface area contributed by atoms with Crippen molar-refractivity contribution in [1.82, 2.24) is 24.4 Å². The van der Waals surface area contributed by atoms with Gasteiger partial charge in [0.05, 0.1) is 6.33 Å². The molecule has 7 nitrogen and oxygen atoms in total. The Morgan fingerprint density at radius 3 is 2.77 bits per heavy atom. The van der Waals surface area contributed by atoms with Crippen LogP contribution >= 0.6 is 0 Å². The normalized spacial score (nSPS) is 17.9. The monoisotopic (exact) mass is 305 g/mol. The Bertz CT molecular complexity index is 766. The summed E-state index contributed by atoms with van der Waals surface area (Å²) in [6.07, 6.45) is 4.70. The minimum Gasteiger partial charge on any atom is -0.324 e. The number of piperidine rings is 1. The molecule has 0 bridgehead atoms. The molecule has 0 radical (unpaired) electrons. The van der Waals surface area contributed by atoms with Crippen molar-refractivity contribution >= 4 is 11.2 Å². The van der Waals surface area contributed by atoms with Crippen LogP contribution in [0.5, 0.6) is 0 Å². The van der Waals surface area contributed by atoms with Crippen LogP contribution < -0.4 is 16.6 Å². The van der Waals surface area contributed by atoms with Crippen LogP contribution in [0.2, 0.25) is 0 Å². The van der Waals surface area contributed by atoms with E-state index in [-0.39, 0.29) is 17.3 Å². The Balaban J connectivity index is 2.06. The second kappa shape index (κ2) is 6.08. The second-order valence-corrected chi connectivity index (χ2v) is 6.15. The van der Waals surface area contributed by atoms with Gasteiger partial charge in [-0.05, 0) is 45.2 Å². The van der Waals surface area contributed by atoms with Crippen molar-refractivity contribution in [3.8, 4) is 0 Å².